The van der Waals surface area contributed by atoms with E-state index < -0.39 is 4.92 Å². The summed E-state index contributed by atoms with van der Waals surface area (Å²) in [7, 11) is 0. The van der Waals surface area contributed by atoms with Gasteiger partial charge in [0.25, 0.3) is 11.6 Å². The predicted molar refractivity (Wildman–Crippen MR) is 86.9 cm³/mol. The number of carbonyl (C=O) groups excluding carboxylic acids is 1. The number of hydrogen-bond donors (Lipinski definition) is 1. The highest BCUT2D eigenvalue weighted by atomic mass is 79.9. The molecule has 0 aliphatic carbocycles. The average Bonchev–Trinajstić information content (AvgIpc) is 2.52. The number of rotatable bonds is 4. The zero-order valence-electron chi connectivity index (χ0n) is 11.6. The number of nitro groups is 1. The molecule has 0 aromatic heterocycles. The van der Waals surface area contributed by atoms with Crippen molar-refractivity contribution in [2.75, 3.05) is 0 Å². The van der Waals surface area contributed by atoms with Crippen LogP contribution in [-0.2, 0) is 0 Å². The molecule has 0 saturated heterocycles. The minimum atomic E-state index is -0.467. The maximum atomic E-state index is 11.9. The quantitative estimate of drug-likeness (QED) is 0.513. The largest absolute Gasteiger partial charge is 0.271 e. The number of nitrogens with zero attached hydrogens (tertiary/aromatic N) is 2. The van der Waals surface area contributed by atoms with Crippen molar-refractivity contribution in [2.45, 2.75) is 6.92 Å². The molecule has 2 aromatic rings. The van der Waals surface area contributed by atoms with Crippen molar-refractivity contribution in [3.05, 3.63) is 74.2 Å². The van der Waals surface area contributed by atoms with Crippen molar-refractivity contribution < 1.29 is 9.72 Å². The summed E-state index contributed by atoms with van der Waals surface area (Å²) in [5, 5.41) is 14.6. The van der Waals surface area contributed by atoms with Crippen molar-refractivity contribution in [1.29, 1.82) is 0 Å². The van der Waals surface area contributed by atoms with E-state index in [1.165, 1.54) is 12.1 Å². The molecule has 0 heterocycles. The Bertz CT molecular complexity index is 742. The number of carbonyl (C=O) groups is 1. The molecule has 2 aromatic carbocycles. The third kappa shape index (κ3) is 3.98. The predicted octanol–water partition coefficient (Wildman–Crippen LogP) is 3.51. The van der Waals surface area contributed by atoms with Crippen LogP contribution in [0.3, 0.4) is 0 Å². The molecule has 0 fully saturated rings. The van der Waals surface area contributed by atoms with Gasteiger partial charge in [0, 0.05) is 22.2 Å². The first-order valence-corrected chi connectivity index (χ1v) is 7.11. The lowest BCUT2D eigenvalue weighted by atomic mass is 10.1. The minimum absolute atomic E-state index is 0.00900. The van der Waals surface area contributed by atoms with E-state index in [9.17, 15) is 14.9 Å². The molecule has 0 spiro atoms. The Labute approximate surface area is 135 Å². The van der Waals surface area contributed by atoms with Gasteiger partial charge in [0.2, 0.25) is 0 Å². The van der Waals surface area contributed by atoms with E-state index in [0.29, 0.717) is 16.8 Å². The third-order valence-corrected chi connectivity index (χ3v) is 3.40. The van der Waals surface area contributed by atoms with Crippen LogP contribution in [0.25, 0.3) is 0 Å². The number of halogens is 1. The number of amides is 1. The minimum Gasteiger partial charge on any atom is -0.267 e. The smallest absolute Gasteiger partial charge is 0.267 e. The summed E-state index contributed by atoms with van der Waals surface area (Å²) < 4.78 is 0.802. The molecule has 22 heavy (non-hydrogen) atoms. The first-order chi connectivity index (χ1) is 10.5. The number of nitro benzene ring substituents is 1. The van der Waals surface area contributed by atoms with Gasteiger partial charge < -0.3 is 0 Å². The first kappa shape index (κ1) is 15.8. The second-order valence-electron chi connectivity index (χ2n) is 4.45. The van der Waals surface area contributed by atoms with Crippen LogP contribution in [-0.4, -0.2) is 16.5 Å². The zero-order chi connectivity index (χ0) is 16.1. The third-order valence-electron chi connectivity index (χ3n) is 2.91. The van der Waals surface area contributed by atoms with Crippen molar-refractivity contribution in [1.82, 2.24) is 5.43 Å². The number of non-ortho nitro benzene ring substituents is 1. The Balaban J connectivity index is 2.09. The van der Waals surface area contributed by atoms with Crippen LogP contribution >= 0.6 is 15.9 Å². The molecule has 1 amide bonds. The van der Waals surface area contributed by atoms with Gasteiger partial charge >= 0.3 is 0 Å². The molecule has 6 nitrogen and oxygen atoms in total. The number of hydrogen-bond acceptors (Lipinski definition) is 4. The van der Waals surface area contributed by atoms with Gasteiger partial charge in [0.1, 0.15) is 0 Å². The van der Waals surface area contributed by atoms with E-state index in [4.69, 9.17) is 0 Å². The lowest BCUT2D eigenvalue weighted by molar-refractivity contribution is -0.384. The summed E-state index contributed by atoms with van der Waals surface area (Å²) in [6, 6.07) is 12.9. The molecule has 0 aliphatic heterocycles. The van der Waals surface area contributed by atoms with Crippen LogP contribution in [0.15, 0.2) is 58.1 Å². The lowest BCUT2D eigenvalue weighted by Gasteiger charge is -2.03. The average molecular weight is 362 g/mol. The molecule has 0 radical (unpaired) electrons. The monoisotopic (exact) mass is 361 g/mol. The molecule has 0 aliphatic rings. The summed E-state index contributed by atoms with van der Waals surface area (Å²) in [4.78, 5) is 22.1. The van der Waals surface area contributed by atoms with Crippen molar-refractivity contribution in [3.8, 4) is 0 Å². The van der Waals surface area contributed by atoms with Gasteiger partial charge in [0.15, 0.2) is 0 Å². The van der Waals surface area contributed by atoms with E-state index in [2.05, 4.69) is 26.5 Å². The standard InChI is InChI=1S/C15H12BrN3O3/c1-10(11-5-7-14(8-6-11)19(21)22)17-18-15(20)12-3-2-4-13(16)9-12/h2-9H,1H3,(H,18,20)/b17-10+. The van der Waals surface area contributed by atoms with E-state index in [0.717, 1.165) is 4.47 Å². The number of benzene rings is 2. The second kappa shape index (κ2) is 6.95. The van der Waals surface area contributed by atoms with Gasteiger partial charge in [0.05, 0.1) is 10.6 Å². The summed E-state index contributed by atoms with van der Waals surface area (Å²) >= 11 is 3.29. The topological polar surface area (TPSA) is 84.6 Å². The Morgan fingerprint density at radius 2 is 1.86 bits per heavy atom. The summed E-state index contributed by atoms with van der Waals surface area (Å²) in [5.74, 6) is -0.331. The van der Waals surface area contributed by atoms with Crippen LogP contribution < -0.4 is 5.43 Å². The van der Waals surface area contributed by atoms with Crippen LogP contribution in [0, 0.1) is 10.1 Å². The molecular formula is C15H12BrN3O3. The Hall–Kier alpha value is -2.54. The maximum Gasteiger partial charge on any atom is 0.271 e. The number of nitrogens with one attached hydrogen (secondary N) is 1. The van der Waals surface area contributed by atoms with Gasteiger partial charge in [-0.3, -0.25) is 14.9 Å². The Morgan fingerprint density at radius 3 is 2.45 bits per heavy atom. The Morgan fingerprint density at radius 1 is 1.18 bits per heavy atom. The van der Waals surface area contributed by atoms with E-state index in [-0.39, 0.29) is 11.6 Å². The second-order valence-corrected chi connectivity index (χ2v) is 5.37. The van der Waals surface area contributed by atoms with Gasteiger partial charge in [-0.05, 0) is 42.8 Å². The van der Waals surface area contributed by atoms with Crippen molar-refractivity contribution in [2.24, 2.45) is 5.10 Å². The summed E-state index contributed by atoms with van der Waals surface area (Å²) in [5.41, 5.74) is 4.19. The molecular weight excluding hydrogens is 350 g/mol. The van der Waals surface area contributed by atoms with E-state index in [1.54, 1.807) is 37.3 Å². The fourth-order valence-electron chi connectivity index (χ4n) is 1.72. The summed E-state index contributed by atoms with van der Waals surface area (Å²) in [6.45, 7) is 1.71. The molecule has 0 atom stereocenters. The molecule has 2 rings (SSSR count). The SMILES string of the molecule is C/C(=N\NC(=O)c1cccc(Br)c1)c1ccc([N+](=O)[O-])cc1. The highest BCUT2D eigenvalue weighted by Crippen LogP contribution is 2.13. The van der Waals surface area contributed by atoms with Crippen LogP contribution in [0.5, 0.6) is 0 Å². The van der Waals surface area contributed by atoms with Crippen LogP contribution in [0.4, 0.5) is 5.69 Å². The lowest BCUT2D eigenvalue weighted by Crippen LogP contribution is -2.19. The maximum absolute atomic E-state index is 11.9. The van der Waals surface area contributed by atoms with E-state index in [1.807, 2.05) is 6.07 Å². The van der Waals surface area contributed by atoms with Crippen molar-refractivity contribution >= 4 is 33.2 Å². The number of hydrazone groups is 1. The summed E-state index contributed by atoms with van der Waals surface area (Å²) in [6.07, 6.45) is 0. The molecule has 0 bridgehead atoms. The van der Waals surface area contributed by atoms with Gasteiger partial charge in [-0.2, -0.15) is 5.10 Å². The molecule has 1 N–H and O–H groups in total. The van der Waals surface area contributed by atoms with Gasteiger partial charge in [-0.1, -0.05) is 22.0 Å². The fraction of sp³-hybridized carbons (Fsp3) is 0.0667. The fourth-order valence-corrected chi connectivity index (χ4v) is 2.12. The van der Waals surface area contributed by atoms with Crippen LogP contribution in [0.2, 0.25) is 0 Å². The molecule has 0 unspecified atom stereocenters. The van der Waals surface area contributed by atoms with Gasteiger partial charge in [-0.15, -0.1) is 0 Å². The normalized spacial score (nSPS) is 11.1. The molecule has 0 saturated carbocycles. The zero-order valence-corrected chi connectivity index (χ0v) is 13.2. The Kier molecular flexibility index (Phi) is 5.00. The highest BCUT2D eigenvalue weighted by Gasteiger charge is 2.07. The van der Waals surface area contributed by atoms with E-state index >= 15 is 0 Å². The molecule has 112 valence electrons. The first-order valence-electron chi connectivity index (χ1n) is 6.32. The van der Waals surface area contributed by atoms with Gasteiger partial charge in [-0.25, -0.2) is 5.43 Å². The van der Waals surface area contributed by atoms with Crippen molar-refractivity contribution in [3.63, 3.8) is 0 Å². The molecule has 7 heteroatoms. The van der Waals surface area contributed by atoms with Crippen LogP contribution in [0.1, 0.15) is 22.8 Å². The highest BCUT2D eigenvalue weighted by molar-refractivity contribution is 9.10.